The molecule has 0 aromatic heterocycles. The minimum absolute atomic E-state index is 0.248. The van der Waals surface area contributed by atoms with E-state index >= 15 is 0 Å². The summed E-state index contributed by atoms with van der Waals surface area (Å²) >= 11 is 14.6. The summed E-state index contributed by atoms with van der Waals surface area (Å²) in [6.45, 7) is 2.69. The number of thioether (sulfide) groups is 1. The smallest absolute Gasteiger partial charge is 0.285 e. The highest BCUT2D eigenvalue weighted by Crippen LogP contribution is 2.37. The van der Waals surface area contributed by atoms with Gasteiger partial charge in [-0.15, -0.1) is 0 Å². The van der Waals surface area contributed by atoms with Crippen molar-refractivity contribution < 1.29 is 19.1 Å². The van der Waals surface area contributed by atoms with Crippen LogP contribution in [0.4, 0.5) is 0 Å². The van der Waals surface area contributed by atoms with Gasteiger partial charge >= 0.3 is 0 Å². The molecule has 1 N–H and O–H groups in total. The third-order valence-corrected chi connectivity index (χ3v) is 7.32. The van der Waals surface area contributed by atoms with E-state index in [-0.39, 0.29) is 4.32 Å². The quantitative estimate of drug-likeness (QED) is 0.171. The van der Waals surface area contributed by atoms with Gasteiger partial charge in [-0.05, 0) is 95.3 Å². The summed E-state index contributed by atoms with van der Waals surface area (Å²) in [5, 5.41) is 1.76. The molecule has 184 valence electrons. The number of hydrogen-bond donors (Lipinski definition) is 1. The number of nitrogens with zero attached hydrogens (tertiary/aromatic N) is 1. The molecule has 1 aliphatic rings. The number of thiocarbonyl (C=S) groups is 1. The SMILES string of the molecule is CCOc1cc(/C=C2/SC(=S)N(NC(=O)c3ccccc3)C2=O)cc(I)c1OCc1ccc(Cl)cc1. The van der Waals surface area contributed by atoms with E-state index in [2.05, 4.69) is 28.0 Å². The molecule has 0 radical (unpaired) electrons. The first-order valence-corrected chi connectivity index (χ1v) is 13.5. The van der Waals surface area contributed by atoms with E-state index in [1.54, 1.807) is 30.3 Å². The Hall–Kier alpha value is -2.60. The van der Waals surface area contributed by atoms with Crippen LogP contribution in [0.2, 0.25) is 5.02 Å². The van der Waals surface area contributed by atoms with Gasteiger partial charge in [0.05, 0.1) is 15.1 Å². The van der Waals surface area contributed by atoms with E-state index in [1.807, 2.05) is 49.4 Å². The minimum atomic E-state index is -0.413. The van der Waals surface area contributed by atoms with E-state index in [4.69, 9.17) is 33.3 Å². The highest BCUT2D eigenvalue weighted by molar-refractivity contribution is 14.1. The number of amides is 2. The van der Waals surface area contributed by atoms with Gasteiger partial charge in [-0.25, -0.2) is 0 Å². The number of nitrogens with one attached hydrogen (secondary N) is 1. The van der Waals surface area contributed by atoms with E-state index in [9.17, 15) is 9.59 Å². The molecule has 36 heavy (non-hydrogen) atoms. The molecule has 3 aromatic rings. The zero-order chi connectivity index (χ0) is 25.7. The lowest BCUT2D eigenvalue weighted by atomic mass is 10.1. The molecule has 1 saturated heterocycles. The van der Waals surface area contributed by atoms with Crippen molar-refractivity contribution in [3.63, 3.8) is 0 Å². The highest BCUT2D eigenvalue weighted by atomic mass is 127. The Morgan fingerprint density at radius 2 is 1.86 bits per heavy atom. The lowest BCUT2D eigenvalue weighted by Crippen LogP contribution is -2.44. The summed E-state index contributed by atoms with van der Waals surface area (Å²) < 4.78 is 13.0. The van der Waals surface area contributed by atoms with Crippen molar-refractivity contribution >= 4 is 80.4 Å². The molecule has 1 aliphatic heterocycles. The molecular formula is C26H20ClIN2O4S2. The van der Waals surface area contributed by atoms with Gasteiger partial charge in [0.15, 0.2) is 15.8 Å². The third kappa shape index (κ3) is 6.39. The first kappa shape index (κ1) is 26.5. The second-order valence-corrected chi connectivity index (χ2v) is 10.8. The van der Waals surface area contributed by atoms with Gasteiger partial charge in [0.25, 0.3) is 11.8 Å². The van der Waals surface area contributed by atoms with Crippen LogP contribution in [0, 0.1) is 3.57 Å². The van der Waals surface area contributed by atoms with Gasteiger partial charge < -0.3 is 9.47 Å². The maximum absolute atomic E-state index is 13.0. The van der Waals surface area contributed by atoms with Crippen molar-refractivity contribution in [1.82, 2.24) is 10.4 Å². The highest BCUT2D eigenvalue weighted by Gasteiger charge is 2.34. The lowest BCUT2D eigenvalue weighted by molar-refractivity contribution is -0.123. The summed E-state index contributed by atoms with van der Waals surface area (Å²) in [6.07, 6.45) is 1.72. The van der Waals surface area contributed by atoms with Crippen molar-refractivity contribution in [2.24, 2.45) is 0 Å². The number of hydrogen-bond acceptors (Lipinski definition) is 6. The molecule has 2 amide bonds. The van der Waals surface area contributed by atoms with Gasteiger partial charge in [0.2, 0.25) is 0 Å². The number of carbonyl (C=O) groups is 2. The van der Waals surface area contributed by atoms with E-state index in [0.29, 0.717) is 40.2 Å². The molecule has 4 rings (SSSR count). The maximum Gasteiger partial charge on any atom is 0.285 e. The van der Waals surface area contributed by atoms with Crippen LogP contribution in [0.5, 0.6) is 11.5 Å². The molecule has 10 heteroatoms. The van der Waals surface area contributed by atoms with E-state index in [0.717, 1.165) is 31.5 Å². The summed E-state index contributed by atoms with van der Waals surface area (Å²) in [5.74, 6) is 0.374. The Morgan fingerprint density at radius 1 is 1.14 bits per heavy atom. The summed E-state index contributed by atoms with van der Waals surface area (Å²) in [4.78, 5) is 25.9. The molecule has 0 spiro atoms. The first-order chi connectivity index (χ1) is 17.4. The fourth-order valence-electron chi connectivity index (χ4n) is 3.28. The Morgan fingerprint density at radius 3 is 2.56 bits per heavy atom. The van der Waals surface area contributed by atoms with Crippen LogP contribution in [0.3, 0.4) is 0 Å². The normalized spacial score (nSPS) is 14.3. The minimum Gasteiger partial charge on any atom is -0.490 e. The van der Waals surface area contributed by atoms with Crippen LogP contribution < -0.4 is 14.9 Å². The molecule has 0 aliphatic carbocycles. The van der Waals surface area contributed by atoms with Crippen molar-refractivity contribution in [1.29, 1.82) is 0 Å². The van der Waals surface area contributed by atoms with E-state index < -0.39 is 11.8 Å². The molecular weight excluding hydrogens is 631 g/mol. The Kier molecular flexibility index (Phi) is 8.89. The number of ether oxygens (including phenoxy) is 2. The van der Waals surface area contributed by atoms with Crippen molar-refractivity contribution in [2.75, 3.05) is 6.61 Å². The number of benzene rings is 3. The topological polar surface area (TPSA) is 67.9 Å². The van der Waals surface area contributed by atoms with Gasteiger partial charge in [-0.2, -0.15) is 5.01 Å². The fraction of sp³-hybridized carbons (Fsp3) is 0.115. The van der Waals surface area contributed by atoms with Crippen LogP contribution >= 0.6 is 58.2 Å². The van der Waals surface area contributed by atoms with Crippen molar-refractivity contribution in [2.45, 2.75) is 13.5 Å². The monoisotopic (exact) mass is 650 g/mol. The van der Waals surface area contributed by atoms with Gasteiger partial charge in [-0.3, -0.25) is 15.0 Å². The number of hydrazine groups is 1. The Bertz CT molecular complexity index is 1330. The van der Waals surface area contributed by atoms with Crippen LogP contribution in [0.1, 0.15) is 28.4 Å². The summed E-state index contributed by atoms with van der Waals surface area (Å²) in [6, 6.07) is 19.8. The largest absolute Gasteiger partial charge is 0.490 e. The number of carbonyl (C=O) groups excluding carboxylic acids is 2. The van der Waals surface area contributed by atoms with Crippen LogP contribution in [0.15, 0.2) is 71.6 Å². The third-order valence-electron chi connectivity index (χ3n) is 4.97. The number of rotatable bonds is 8. The Balaban J connectivity index is 1.53. The van der Waals surface area contributed by atoms with Crippen molar-refractivity contribution in [3.8, 4) is 11.5 Å². The average Bonchev–Trinajstić information content (AvgIpc) is 3.12. The predicted molar refractivity (Wildman–Crippen MR) is 155 cm³/mol. The zero-order valence-corrected chi connectivity index (χ0v) is 23.5. The second kappa shape index (κ2) is 12.1. The Labute approximate surface area is 237 Å². The average molecular weight is 651 g/mol. The first-order valence-electron chi connectivity index (χ1n) is 10.8. The zero-order valence-electron chi connectivity index (χ0n) is 19.0. The summed E-state index contributed by atoms with van der Waals surface area (Å²) in [5.41, 5.74) is 4.74. The van der Waals surface area contributed by atoms with Gasteiger partial charge in [0.1, 0.15) is 6.61 Å². The molecule has 0 bridgehead atoms. The summed E-state index contributed by atoms with van der Waals surface area (Å²) in [7, 11) is 0. The van der Waals surface area contributed by atoms with Crippen molar-refractivity contribution in [3.05, 3.63) is 96.9 Å². The number of halogens is 2. The molecule has 1 fully saturated rings. The lowest BCUT2D eigenvalue weighted by Gasteiger charge is -2.16. The molecule has 0 unspecified atom stereocenters. The van der Waals surface area contributed by atoms with E-state index in [1.165, 1.54) is 0 Å². The fourth-order valence-corrected chi connectivity index (χ4v) is 5.37. The molecule has 3 aromatic carbocycles. The van der Waals surface area contributed by atoms with Crippen LogP contribution in [-0.4, -0.2) is 27.8 Å². The van der Waals surface area contributed by atoms with Crippen LogP contribution in [0.25, 0.3) is 6.08 Å². The standard InChI is InChI=1S/C26H20ClIN2O4S2/c1-2-33-21-13-17(12-20(28)23(21)34-15-16-8-10-19(27)11-9-16)14-22-25(32)30(26(35)36-22)29-24(31)18-6-4-3-5-7-18/h3-14H,2,15H2,1H3,(H,29,31)/b22-14+. The molecule has 6 nitrogen and oxygen atoms in total. The molecule has 0 atom stereocenters. The maximum atomic E-state index is 13.0. The molecule has 0 saturated carbocycles. The van der Waals surface area contributed by atoms with Gasteiger partial charge in [0, 0.05) is 10.6 Å². The van der Waals surface area contributed by atoms with Crippen LogP contribution in [-0.2, 0) is 11.4 Å². The molecule has 1 heterocycles. The predicted octanol–water partition coefficient (Wildman–Crippen LogP) is 6.47. The van der Waals surface area contributed by atoms with Gasteiger partial charge in [-0.1, -0.05) is 53.7 Å². The second-order valence-electron chi connectivity index (χ2n) is 7.50.